The Morgan fingerprint density at radius 2 is 1.92 bits per heavy atom. The maximum atomic E-state index is 12.7. The Morgan fingerprint density at radius 1 is 1.28 bits per heavy atom. The molecule has 2 aliphatic heterocycles. The van der Waals surface area contributed by atoms with Gasteiger partial charge in [0.15, 0.2) is 5.78 Å². The Bertz CT molecular complexity index is 692. The monoisotopic (exact) mass is 364 g/mol. The van der Waals surface area contributed by atoms with Crippen LogP contribution in [0, 0.1) is 6.92 Å². The highest BCUT2D eigenvalue weighted by atomic mass is 35.5. The molecular weight excluding hydrogens is 340 g/mol. The number of hydrogen-bond acceptors (Lipinski definition) is 3. The van der Waals surface area contributed by atoms with Crippen LogP contribution < -0.4 is 4.74 Å². The normalized spacial score (nSPS) is 18.7. The van der Waals surface area contributed by atoms with Crippen molar-refractivity contribution in [2.45, 2.75) is 45.6 Å². The average molecular weight is 365 g/mol. The molecule has 1 spiro atoms. The molecule has 0 bridgehead atoms. The van der Waals surface area contributed by atoms with Gasteiger partial charge in [-0.25, -0.2) is 4.79 Å². The van der Waals surface area contributed by atoms with Crippen LogP contribution in [0.15, 0.2) is 12.1 Å². The molecule has 1 saturated heterocycles. The number of fused-ring (bicyclic) bond motifs is 1. The van der Waals surface area contributed by atoms with E-state index in [1.54, 1.807) is 6.07 Å². The van der Waals surface area contributed by atoms with Gasteiger partial charge in [0.25, 0.3) is 0 Å². The lowest BCUT2D eigenvalue weighted by molar-refractivity contribution is -0.00400. The van der Waals surface area contributed by atoms with Crippen molar-refractivity contribution in [3.63, 3.8) is 0 Å². The topological polar surface area (TPSA) is 49.9 Å². The maximum Gasteiger partial charge on any atom is 0.319 e. The van der Waals surface area contributed by atoms with E-state index in [1.165, 1.54) is 0 Å². The minimum absolute atomic E-state index is 0.0744. The second kappa shape index (κ2) is 6.87. The van der Waals surface area contributed by atoms with Crippen LogP contribution in [-0.2, 0) is 0 Å². The van der Waals surface area contributed by atoms with Crippen LogP contribution >= 0.6 is 11.6 Å². The zero-order valence-corrected chi connectivity index (χ0v) is 15.9. The molecule has 0 N–H and O–H groups in total. The molecule has 2 heterocycles. The third-order valence-electron chi connectivity index (χ3n) is 5.32. The van der Waals surface area contributed by atoms with Crippen molar-refractivity contribution in [2.75, 3.05) is 26.2 Å². The number of amides is 2. The number of carbonyl (C=O) groups excluding carboxylic acids is 2. The SMILES string of the molecule is CCN(CC)C(=O)N1CCC2(CC1)CC(=O)c1cc(Cl)cc(C)c1O2. The van der Waals surface area contributed by atoms with Gasteiger partial charge in [-0.3, -0.25) is 4.79 Å². The molecule has 1 aromatic rings. The second-order valence-electron chi connectivity index (χ2n) is 6.93. The van der Waals surface area contributed by atoms with Gasteiger partial charge >= 0.3 is 6.03 Å². The fraction of sp³-hybridized carbons (Fsp3) is 0.579. The number of urea groups is 1. The molecule has 5 nitrogen and oxygen atoms in total. The number of aryl methyl sites for hydroxylation is 1. The molecule has 0 aromatic heterocycles. The third kappa shape index (κ3) is 3.34. The number of halogens is 1. The van der Waals surface area contributed by atoms with Crippen LogP contribution in [-0.4, -0.2) is 53.4 Å². The van der Waals surface area contributed by atoms with Gasteiger partial charge in [0.1, 0.15) is 11.4 Å². The molecule has 3 rings (SSSR count). The van der Waals surface area contributed by atoms with Crippen LogP contribution in [0.2, 0.25) is 5.02 Å². The van der Waals surface area contributed by atoms with Crippen LogP contribution in [0.5, 0.6) is 5.75 Å². The Balaban J connectivity index is 1.76. The fourth-order valence-corrected chi connectivity index (χ4v) is 4.06. The van der Waals surface area contributed by atoms with Gasteiger partial charge in [-0.15, -0.1) is 0 Å². The number of likely N-dealkylation sites (tertiary alicyclic amines) is 1. The van der Waals surface area contributed by atoms with Gasteiger partial charge in [0.2, 0.25) is 0 Å². The quantitative estimate of drug-likeness (QED) is 0.799. The molecule has 25 heavy (non-hydrogen) atoms. The molecule has 1 fully saturated rings. The average Bonchev–Trinajstić information content (AvgIpc) is 2.58. The molecular formula is C19H25ClN2O3. The summed E-state index contributed by atoms with van der Waals surface area (Å²) < 4.78 is 6.33. The van der Waals surface area contributed by atoms with Gasteiger partial charge in [0, 0.05) is 44.0 Å². The van der Waals surface area contributed by atoms with Gasteiger partial charge in [-0.2, -0.15) is 0 Å². The Morgan fingerprint density at radius 3 is 2.52 bits per heavy atom. The van der Waals surface area contributed by atoms with E-state index in [-0.39, 0.29) is 11.8 Å². The van der Waals surface area contributed by atoms with E-state index in [0.29, 0.717) is 61.8 Å². The number of ketones is 1. The summed E-state index contributed by atoms with van der Waals surface area (Å²) in [5.41, 5.74) is 0.969. The van der Waals surface area contributed by atoms with Crippen molar-refractivity contribution >= 4 is 23.4 Å². The number of carbonyl (C=O) groups is 2. The first-order valence-electron chi connectivity index (χ1n) is 8.95. The van der Waals surface area contributed by atoms with E-state index in [9.17, 15) is 9.59 Å². The molecule has 2 aliphatic rings. The van der Waals surface area contributed by atoms with Crippen molar-refractivity contribution < 1.29 is 14.3 Å². The summed E-state index contributed by atoms with van der Waals surface area (Å²) >= 11 is 6.08. The lowest BCUT2D eigenvalue weighted by Gasteiger charge is -2.45. The number of hydrogen-bond donors (Lipinski definition) is 0. The first-order chi connectivity index (χ1) is 11.9. The van der Waals surface area contributed by atoms with Gasteiger partial charge in [-0.05, 0) is 38.5 Å². The molecule has 0 radical (unpaired) electrons. The zero-order valence-electron chi connectivity index (χ0n) is 15.1. The van der Waals surface area contributed by atoms with Crippen LogP contribution in [0.4, 0.5) is 4.79 Å². The van der Waals surface area contributed by atoms with Crippen molar-refractivity contribution in [3.8, 4) is 5.75 Å². The van der Waals surface area contributed by atoms with Crippen LogP contribution in [0.1, 0.15) is 49.0 Å². The number of ether oxygens (including phenoxy) is 1. The molecule has 2 amide bonds. The summed E-state index contributed by atoms with van der Waals surface area (Å²) in [5, 5.41) is 0.559. The fourth-order valence-electron chi connectivity index (χ4n) is 3.79. The number of nitrogens with zero attached hydrogens (tertiary/aromatic N) is 2. The number of rotatable bonds is 2. The molecule has 136 valence electrons. The van der Waals surface area contributed by atoms with E-state index < -0.39 is 5.60 Å². The summed E-state index contributed by atoms with van der Waals surface area (Å²) in [6, 6.07) is 3.59. The van der Waals surface area contributed by atoms with E-state index in [4.69, 9.17) is 16.3 Å². The van der Waals surface area contributed by atoms with Gasteiger partial charge in [-0.1, -0.05) is 11.6 Å². The second-order valence-corrected chi connectivity index (χ2v) is 7.36. The predicted molar refractivity (Wildman–Crippen MR) is 97.6 cm³/mol. The molecule has 0 unspecified atom stereocenters. The largest absolute Gasteiger partial charge is 0.486 e. The lowest BCUT2D eigenvalue weighted by atomic mass is 9.82. The van der Waals surface area contributed by atoms with Gasteiger partial charge < -0.3 is 14.5 Å². The van der Waals surface area contributed by atoms with Crippen LogP contribution in [0.25, 0.3) is 0 Å². The number of piperidine rings is 1. The zero-order chi connectivity index (χ0) is 18.2. The summed E-state index contributed by atoms with van der Waals surface area (Å²) in [5.74, 6) is 0.736. The van der Waals surface area contributed by atoms with E-state index in [1.807, 2.05) is 36.6 Å². The molecule has 1 aromatic carbocycles. The van der Waals surface area contributed by atoms with E-state index in [2.05, 4.69) is 0 Å². The highest BCUT2D eigenvalue weighted by Crippen LogP contribution is 2.42. The third-order valence-corrected chi connectivity index (χ3v) is 5.54. The van der Waals surface area contributed by atoms with Crippen molar-refractivity contribution in [2.24, 2.45) is 0 Å². The molecule has 0 saturated carbocycles. The summed E-state index contributed by atoms with van der Waals surface area (Å²) in [4.78, 5) is 28.9. The number of Topliss-reactive ketones (excluding diaryl/α,β-unsaturated/α-hetero) is 1. The summed E-state index contributed by atoms with van der Waals surface area (Å²) in [7, 11) is 0. The Hall–Kier alpha value is -1.75. The molecule has 6 heteroatoms. The highest BCUT2D eigenvalue weighted by Gasteiger charge is 2.44. The number of benzene rings is 1. The standard InChI is InChI=1S/C19H25ClN2O3/c1-4-21(5-2)18(24)22-8-6-19(7-9-22)12-16(23)15-11-14(20)10-13(3)17(15)25-19/h10-11H,4-9,12H2,1-3H3. The van der Waals surface area contributed by atoms with Crippen molar-refractivity contribution in [1.29, 1.82) is 0 Å². The Kier molecular flexibility index (Phi) is 4.96. The van der Waals surface area contributed by atoms with E-state index in [0.717, 1.165) is 5.56 Å². The van der Waals surface area contributed by atoms with Crippen molar-refractivity contribution in [1.82, 2.24) is 9.80 Å². The summed E-state index contributed by atoms with van der Waals surface area (Å²) in [6.45, 7) is 8.53. The minimum Gasteiger partial charge on any atom is -0.486 e. The smallest absolute Gasteiger partial charge is 0.319 e. The van der Waals surface area contributed by atoms with E-state index >= 15 is 0 Å². The first kappa shape index (κ1) is 18.1. The maximum absolute atomic E-state index is 12.7. The first-order valence-corrected chi connectivity index (χ1v) is 9.33. The van der Waals surface area contributed by atoms with Crippen LogP contribution in [0.3, 0.4) is 0 Å². The lowest BCUT2D eigenvalue weighted by Crippen LogP contribution is -2.54. The highest BCUT2D eigenvalue weighted by molar-refractivity contribution is 6.31. The predicted octanol–water partition coefficient (Wildman–Crippen LogP) is 3.91. The summed E-state index contributed by atoms with van der Waals surface area (Å²) in [6.07, 6.45) is 1.70. The minimum atomic E-state index is -0.497. The molecule has 0 atom stereocenters. The Labute approximate surface area is 153 Å². The molecule has 0 aliphatic carbocycles. The van der Waals surface area contributed by atoms with Gasteiger partial charge in [0.05, 0.1) is 12.0 Å². The van der Waals surface area contributed by atoms with Crippen molar-refractivity contribution in [3.05, 3.63) is 28.3 Å².